The average molecular weight is 855 g/mol. The topological polar surface area (TPSA) is 78.9 Å². The highest BCUT2D eigenvalue weighted by Gasteiger charge is 2.19. The van der Waals surface area contributed by atoms with Crippen LogP contribution in [0, 0.1) is 0 Å². The molecule has 0 aromatic heterocycles. The van der Waals surface area contributed by atoms with Gasteiger partial charge < -0.3 is 14.2 Å². The second-order valence-electron chi connectivity index (χ2n) is 17.4. The van der Waals surface area contributed by atoms with E-state index in [9.17, 15) is 14.4 Å². The normalized spacial score (nSPS) is 12.4. The van der Waals surface area contributed by atoms with Gasteiger partial charge in [0.2, 0.25) is 0 Å². The molecule has 0 unspecified atom stereocenters. The van der Waals surface area contributed by atoms with Crippen LogP contribution >= 0.6 is 0 Å². The van der Waals surface area contributed by atoms with Crippen LogP contribution in [0.5, 0.6) is 0 Å². The lowest BCUT2D eigenvalue weighted by Crippen LogP contribution is -2.30. The van der Waals surface area contributed by atoms with Crippen LogP contribution in [0.3, 0.4) is 0 Å². The Balaban J connectivity index is 4.37. The van der Waals surface area contributed by atoms with Crippen LogP contribution in [-0.2, 0) is 28.6 Å². The first kappa shape index (κ1) is 58.4. The van der Waals surface area contributed by atoms with Gasteiger partial charge in [0.05, 0.1) is 0 Å². The summed E-state index contributed by atoms with van der Waals surface area (Å²) in [6, 6.07) is 0. The molecule has 0 aromatic rings. The molecule has 61 heavy (non-hydrogen) atoms. The fourth-order valence-corrected chi connectivity index (χ4v) is 7.27. The molecule has 1 atom stereocenters. The van der Waals surface area contributed by atoms with E-state index in [4.69, 9.17) is 14.2 Å². The second kappa shape index (κ2) is 50.0. The number of unbranched alkanes of at least 4 members (excludes halogenated alkanes) is 28. The van der Waals surface area contributed by atoms with Crippen LogP contribution in [0.2, 0.25) is 0 Å². The zero-order valence-electron chi connectivity index (χ0n) is 40.4. The maximum Gasteiger partial charge on any atom is 0.306 e. The molecule has 0 heterocycles. The van der Waals surface area contributed by atoms with E-state index in [1.54, 1.807) is 0 Å². The van der Waals surface area contributed by atoms with E-state index >= 15 is 0 Å². The molecule has 6 nitrogen and oxygen atoms in total. The molecule has 0 amide bonds. The van der Waals surface area contributed by atoms with E-state index in [1.807, 2.05) is 0 Å². The fraction of sp³-hybridized carbons (Fsp3) is 0.800. The predicted molar refractivity (Wildman–Crippen MR) is 261 cm³/mol. The highest BCUT2D eigenvalue weighted by atomic mass is 16.6. The van der Waals surface area contributed by atoms with Crippen molar-refractivity contribution in [3.05, 3.63) is 48.6 Å². The first-order valence-electron chi connectivity index (χ1n) is 26.1. The third kappa shape index (κ3) is 48.3. The van der Waals surface area contributed by atoms with E-state index in [0.717, 1.165) is 89.9 Å². The van der Waals surface area contributed by atoms with Crippen molar-refractivity contribution < 1.29 is 28.6 Å². The molecule has 354 valence electrons. The number of esters is 3. The zero-order chi connectivity index (χ0) is 44.4. The lowest BCUT2D eigenvalue weighted by atomic mass is 10.1. The number of hydrogen-bond donors (Lipinski definition) is 0. The Morgan fingerprint density at radius 3 is 1.00 bits per heavy atom. The molecule has 0 saturated carbocycles. The summed E-state index contributed by atoms with van der Waals surface area (Å²) in [5.74, 6) is -0.902. The van der Waals surface area contributed by atoms with Crippen LogP contribution in [0.25, 0.3) is 0 Å². The Kier molecular flexibility index (Phi) is 47.9. The van der Waals surface area contributed by atoms with Crippen molar-refractivity contribution in [2.75, 3.05) is 13.2 Å². The standard InChI is InChI=1S/C55H98O6/c1-4-7-10-13-16-19-22-24-26-27-29-30-33-36-39-42-45-48-54(57)60-51-52(50-59-53(56)47-44-41-38-35-32-21-18-15-12-9-6-3)61-55(58)49-46-43-40-37-34-31-28-25-23-20-17-14-11-8-5-2/h15-16,18-19,24-26,28,52H,4-14,17,20-23,27,29-51H2,1-3H3/b18-15-,19-16-,26-24-,28-25-/t52-/m0/s1. The third-order valence-corrected chi connectivity index (χ3v) is 11.3. The summed E-state index contributed by atoms with van der Waals surface area (Å²) in [5, 5.41) is 0. The van der Waals surface area contributed by atoms with Gasteiger partial charge in [-0.1, -0.05) is 198 Å². The van der Waals surface area contributed by atoms with Crippen LogP contribution in [0.1, 0.15) is 265 Å². The summed E-state index contributed by atoms with van der Waals surface area (Å²) in [5.41, 5.74) is 0. The third-order valence-electron chi connectivity index (χ3n) is 11.3. The molecule has 6 heteroatoms. The molecular weight excluding hydrogens is 757 g/mol. The molecule has 0 radical (unpaired) electrons. The molecule has 0 saturated heterocycles. The minimum Gasteiger partial charge on any atom is -0.462 e. The summed E-state index contributed by atoms with van der Waals surface area (Å²) >= 11 is 0. The van der Waals surface area contributed by atoms with Crippen LogP contribution in [-0.4, -0.2) is 37.2 Å². The van der Waals surface area contributed by atoms with Crippen molar-refractivity contribution in [3.8, 4) is 0 Å². The summed E-state index contributed by atoms with van der Waals surface area (Å²) in [6.45, 7) is 6.56. The van der Waals surface area contributed by atoms with Gasteiger partial charge in [0.1, 0.15) is 13.2 Å². The minimum absolute atomic E-state index is 0.0825. The lowest BCUT2D eigenvalue weighted by Gasteiger charge is -2.18. The van der Waals surface area contributed by atoms with Gasteiger partial charge in [0.25, 0.3) is 0 Å². The van der Waals surface area contributed by atoms with Crippen LogP contribution in [0.15, 0.2) is 48.6 Å². The van der Waals surface area contributed by atoms with Gasteiger partial charge in [-0.3, -0.25) is 14.4 Å². The number of rotatable bonds is 47. The van der Waals surface area contributed by atoms with E-state index in [2.05, 4.69) is 69.4 Å². The summed E-state index contributed by atoms with van der Waals surface area (Å²) in [6.07, 6.45) is 59.5. The monoisotopic (exact) mass is 855 g/mol. The number of allylic oxidation sites excluding steroid dienone is 8. The molecule has 0 rings (SSSR count). The maximum absolute atomic E-state index is 12.8. The van der Waals surface area contributed by atoms with Crippen molar-refractivity contribution >= 4 is 17.9 Å². The highest BCUT2D eigenvalue weighted by Crippen LogP contribution is 2.14. The van der Waals surface area contributed by atoms with E-state index < -0.39 is 6.10 Å². The van der Waals surface area contributed by atoms with Gasteiger partial charge in [-0.2, -0.15) is 0 Å². The van der Waals surface area contributed by atoms with Gasteiger partial charge >= 0.3 is 17.9 Å². The Bertz CT molecular complexity index is 1070. The largest absolute Gasteiger partial charge is 0.462 e. The summed E-state index contributed by atoms with van der Waals surface area (Å²) in [7, 11) is 0. The predicted octanol–water partition coefficient (Wildman–Crippen LogP) is 17.1. The van der Waals surface area contributed by atoms with E-state index in [0.29, 0.717) is 19.3 Å². The Morgan fingerprint density at radius 1 is 0.328 bits per heavy atom. The van der Waals surface area contributed by atoms with E-state index in [1.165, 1.54) is 135 Å². The molecule has 0 fully saturated rings. The van der Waals surface area contributed by atoms with Gasteiger partial charge in [0, 0.05) is 19.3 Å². The number of ether oxygens (including phenoxy) is 3. The molecular formula is C55H98O6. The molecule has 0 aliphatic rings. The Morgan fingerprint density at radius 2 is 0.607 bits per heavy atom. The maximum atomic E-state index is 12.8. The average Bonchev–Trinajstić information content (AvgIpc) is 3.26. The smallest absolute Gasteiger partial charge is 0.306 e. The van der Waals surface area contributed by atoms with Crippen LogP contribution in [0.4, 0.5) is 0 Å². The van der Waals surface area contributed by atoms with Crippen LogP contribution < -0.4 is 0 Å². The van der Waals surface area contributed by atoms with E-state index in [-0.39, 0.29) is 31.1 Å². The van der Waals surface area contributed by atoms with Gasteiger partial charge in [-0.25, -0.2) is 0 Å². The zero-order valence-corrected chi connectivity index (χ0v) is 40.4. The molecule has 0 aromatic carbocycles. The molecule has 0 aliphatic carbocycles. The molecule has 0 aliphatic heterocycles. The summed E-state index contributed by atoms with van der Waals surface area (Å²) < 4.78 is 16.8. The van der Waals surface area contributed by atoms with Crippen molar-refractivity contribution in [2.24, 2.45) is 0 Å². The SMILES string of the molecule is CCCC/C=C\CCCCCCCC(=O)OC[C@@H](COC(=O)CCCCCCCCC/C=C\C/C=C\CCCCC)OC(=O)CCCCCCC/C=C\CCCCCCCC. The first-order chi connectivity index (χ1) is 30.0. The van der Waals surface area contributed by atoms with Gasteiger partial charge in [-0.05, 0) is 96.3 Å². The molecule has 0 spiro atoms. The molecule has 0 N–H and O–H groups in total. The van der Waals surface area contributed by atoms with Crippen molar-refractivity contribution in [2.45, 2.75) is 271 Å². The highest BCUT2D eigenvalue weighted by molar-refractivity contribution is 5.71. The lowest BCUT2D eigenvalue weighted by molar-refractivity contribution is -0.167. The number of hydrogen-bond acceptors (Lipinski definition) is 6. The Hall–Kier alpha value is -2.63. The van der Waals surface area contributed by atoms with Gasteiger partial charge in [0.15, 0.2) is 6.10 Å². The fourth-order valence-electron chi connectivity index (χ4n) is 7.27. The van der Waals surface area contributed by atoms with Crippen molar-refractivity contribution in [3.63, 3.8) is 0 Å². The van der Waals surface area contributed by atoms with Crippen molar-refractivity contribution in [1.29, 1.82) is 0 Å². The Labute approximate surface area is 378 Å². The summed E-state index contributed by atoms with van der Waals surface area (Å²) in [4.78, 5) is 37.9. The number of carbonyl (C=O) groups excluding carboxylic acids is 3. The minimum atomic E-state index is -0.782. The first-order valence-corrected chi connectivity index (χ1v) is 26.1. The second-order valence-corrected chi connectivity index (χ2v) is 17.4. The number of carbonyl (C=O) groups is 3. The molecule has 0 bridgehead atoms. The van der Waals surface area contributed by atoms with Gasteiger partial charge in [-0.15, -0.1) is 0 Å². The van der Waals surface area contributed by atoms with Crippen molar-refractivity contribution in [1.82, 2.24) is 0 Å². The quantitative estimate of drug-likeness (QED) is 0.0263.